The predicted molar refractivity (Wildman–Crippen MR) is 69.5 cm³/mol. The number of aromatic nitrogens is 1. The summed E-state index contributed by atoms with van der Waals surface area (Å²) in [6.07, 6.45) is 3.55. The van der Waals surface area contributed by atoms with Crippen molar-refractivity contribution in [2.24, 2.45) is 0 Å². The minimum Gasteiger partial charge on any atom is -0.381 e. The number of rotatable bonds is 3. The molecule has 100 valence electrons. The molecule has 1 fully saturated rings. The molecule has 1 aliphatic heterocycles. The molecule has 0 atom stereocenters. The van der Waals surface area contributed by atoms with Gasteiger partial charge in [0.2, 0.25) is 0 Å². The Kier molecular flexibility index (Phi) is 4.48. The summed E-state index contributed by atoms with van der Waals surface area (Å²) in [5.41, 5.74) is 1.22. The van der Waals surface area contributed by atoms with Crippen LogP contribution < -0.4 is 0 Å². The molecule has 0 aromatic carbocycles. The monoisotopic (exact) mass is 259 g/mol. The van der Waals surface area contributed by atoms with Crippen LogP contribution in [0, 0.1) is 11.3 Å². The van der Waals surface area contributed by atoms with Crippen LogP contribution >= 0.6 is 0 Å². The Morgan fingerprint density at radius 2 is 2.32 bits per heavy atom. The highest BCUT2D eigenvalue weighted by atomic mass is 16.5. The first kappa shape index (κ1) is 13.5. The maximum absolute atomic E-state index is 12.4. The minimum absolute atomic E-state index is 0.0199. The molecule has 1 aromatic rings. The van der Waals surface area contributed by atoms with Gasteiger partial charge in [0.15, 0.2) is 0 Å². The molecular formula is C14H17N3O2. The number of hydrogen-bond donors (Lipinski definition) is 0. The minimum atomic E-state index is -0.0199. The second-order valence-electron chi connectivity index (χ2n) is 4.63. The van der Waals surface area contributed by atoms with Gasteiger partial charge in [-0.2, -0.15) is 5.26 Å². The van der Waals surface area contributed by atoms with E-state index in [2.05, 4.69) is 4.98 Å². The molecule has 1 aromatic heterocycles. The third kappa shape index (κ3) is 3.30. The Morgan fingerprint density at radius 3 is 3.00 bits per heavy atom. The van der Waals surface area contributed by atoms with Crippen molar-refractivity contribution in [3.8, 4) is 6.07 Å². The Hall–Kier alpha value is -1.93. The lowest BCUT2D eigenvalue weighted by Crippen LogP contribution is -2.40. The normalized spacial score (nSPS) is 15.8. The van der Waals surface area contributed by atoms with Gasteiger partial charge in [-0.05, 0) is 25.0 Å². The fourth-order valence-electron chi connectivity index (χ4n) is 2.23. The Balaban J connectivity index is 2.09. The first-order chi connectivity index (χ1) is 9.22. The lowest BCUT2D eigenvalue weighted by atomic mass is 10.1. The average Bonchev–Trinajstić information content (AvgIpc) is 2.47. The number of nitriles is 1. The predicted octanol–water partition coefficient (Wildman–Crippen LogP) is 1.40. The molecule has 2 heterocycles. The van der Waals surface area contributed by atoms with Crippen molar-refractivity contribution < 1.29 is 9.53 Å². The fourth-order valence-corrected chi connectivity index (χ4v) is 2.23. The van der Waals surface area contributed by atoms with Gasteiger partial charge in [-0.3, -0.25) is 9.78 Å². The molecule has 19 heavy (non-hydrogen) atoms. The number of hydrogen-bond acceptors (Lipinski definition) is 4. The van der Waals surface area contributed by atoms with Gasteiger partial charge >= 0.3 is 0 Å². The van der Waals surface area contributed by atoms with E-state index in [4.69, 9.17) is 10.00 Å². The highest BCUT2D eigenvalue weighted by molar-refractivity contribution is 5.94. The molecule has 1 aliphatic rings. The van der Waals surface area contributed by atoms with Gasteiger partial charge in [0, 0.05) is 38.1 Å². The molecule has 5 nitrogen and oxygen atoms in total. The van der Waals surface area contributed by atoms with E-state index >= 15 is 0 Å². The number of pyridine rings is 1. The molecule has 0 N–H and O–H groups in total. The average molecular weight is 259 g/mol. The zero-order chi connectivity index (χ0) is 13.7. The van der Waals surface area contributed by atoms with Gasteiger partial charge in [0.05, 0.1) is 18.2 Å². The van der Waals surface area contributed by atoms with Crippen LogP contribution in [0.15, 0.2) is 18.3 Å². The summed E-state index contributed by atoms with van der Waals surface area (Å²) in [4.78, 5) is 18.2. The van der Waals surface area contributed by atoms with Gasteiger partial charge in [0.25, 0.3) is 5.91 Å². The van der Waals surface area contributed by atoms with Gasteiger partial charge in [-0.15, -0.1) is 0 Å². The van der Waals surface area contributed by atoms with Crippen LogP contribution in [0.2, 0.25) is 0 Å². The molecule has 0 spiro atoms. The van der Waals surface area contributed by atoms with Crippen LogP contribution in [-0.2, 0) is 11.2 Å². The first-order valence-electron chi connectivity index (χ1n) is 6.39. The number of amides is 1. The first-order valence-corrected chi connectivity index (χ1v) is 6.39. The molecule has 0 radical (unpaired) electrons. The molecule has 0 unspecified atom stereocenters. The molecule has 1 amide bonds. The lowest BCUT2D eigenvalue weighted by Gasteiger charge is -2.31. The van der Waals surface area contributed by atoms with Crippen molar-refractivity contribution in [2.75, 3.05) is 20.3 Å². The van der Waals surface area contributed by atoms with Crippen LogP contribution in [0.25, 0.3) is 0 Å². The second kappa shape index (κ2) is 6.30. The van der Waals surface area contributed by atoms with Crippen LogP contribution in [0.1, 0.15) is 28.9 Å². The number of carbonyl (C=O) groups excluding carboxylic acids is 1. The third-order valence-corrected chi connectivity index (χ3v) is 3.38. The maximum Gasteiger partial charge on any atom is 0.253 e. The van der Waals surface area contributed by atoms with Crippen LogP contribution in [0.4, 0.5) is 0 Å². The van der Waals surface area contributed by atoms with Crippen molar-refractivity contribution in [1.29, 1.82) is 5.26 Å². The zero-order valence-electron chi connectivity index (χ0n) is 11.0. The van der Waals surface area contributed by atoms with Crippen molar-refractivity contribution in [3.05, 3.63) is 29.6 Å². The lowest BCUT2D eigenvalue weighted by molar-refractivity contribution is 0.0362. The summed E-state index contributed by atoms with van der Waals surface area (Å²) >= 11 is 0. The van der Waals surface area contributed by atoms with E-state index in [-0.39, 0.29) is 18.4 Å². The fraction of sp³-hybridized carbons (Fsp3) is 0.500. The van der Waals surface area contributed by atoms with Gasteiger partial charge in [0.1, 0.15) is 0 Å². The van der Waals surface area contributed by atoms with E-state index in [1.165, 1.54) is 0 Å². The summed E-state index contributed by atoms with van der Waals surface area (Å²) < 4.78 is 5.30. The summed E-state index contributed by atoms with van der Waals surface area (Å²) in [7, 11) is 1.82. The van der Waals surface area contributed by atoms with Gasteiger partial charge in [-0.25, -0.2) is 0 Å². The van der Waals surface area contributed by atoms with Crippen LogP contribution in [0.3, 0.4) is 0 Å². The molecule has 1 saturated heterocycles. The van der Waals surface area contributed by atoms with E-state index in [1.807, 2.05) is 13.1 Å². The number of nitrogens with zero attached hydrogens (tertiary/aromatic N) is 3. The Labute approximate surface area is 112 Å². The molecule has 0 aliphatic carbocycles. The Bertz CT molecular complexity index is 490. The van der Waals surface area contributed by atoms with Crippen molar-refractivity contribution >= 4 is 5.91 Å². The zero-order valence-corrected chi connectivity index (χ0v) is 11.0. The van der Waals surface area contributed by atoms with Gasteiger partial charge < -0.3 is 9.64 Å². The second-order valence-corrected chi connectivity index (χ2v) is 4.63. The van der Waals surface area contributed by atoms with E-state index in [0.29, 0.717) is 24.5 Å². The quantitative estimate of drug-likeness (QED) is 0.823. The van der Waals surface area contributed by atoms with E-state index in [1.54, 1.807) is 23.2 Å². The van der Waals surface area contributed by atoms with Gasteiger partial charge in [-0.1, -0.05) is 0 Å². The van der Waals surface area contributed by atoms with E-state index < -0.39 is 0 Å². The molecule has 0 bridgehead atoms. The van der Waals surface area contributed by atoms with Crippen LogP contribution in [-0.4, -0.2) is 42.1 Å². The standard InChI is InChI=1S/C14H17N3O2/c1-17(13-4-8-19-9-5-13)14(18)11-3-7-16-12(10-11)2-6-15/h3,7,10,13H,2,4-5,8-9H2,1H3. The molecule has 0 saturated carbocycles. The Morgan fingerprint density at radius 1 is 1.58 bits per heavy atom. The van der Waals surface area contributed by atoms with Crippen molar-refractivity contribution in [3.63, 3.8) is 0 Å². The topological polar surface area (TPSA) is 66.2 Å². The van der Waals surface area contributed by atoms with Crippen molar-refractivity contribution in [2.45, 2.75) is 25.3 Å². The highest BCUT2D eigenvalue weighted by Gasteiger charge is 2.23. The highest BCUT2D eigenvalue weighted by Crippen LogP contribution is 2.16. The van der Waals surface area contributed by atoms with Crippen LogP contribution in [0.5, 0.6) is 0 Å². The summed E-state index contributed by atoms with van der Waals surface area (Å²) in [6.45, 7) is 1.41. The van der Waals surface area contributed by atoms with E-state index in [9.17, 15) is 4.79 Å². The molecule has 5 heteroatoms. The largest absolute Gasteiger partial charge is 0.381 e. The number of ether oxygens (including phenoxy) is 1. The van der Waals surface area contributed by atoms with Crippen molar-refractivity contribution in [1.82, 2.24) is 9.88 Å². The molecular weight excluding hydrogens is 242 g/mol. The third-order valence-electron chi connectivity index (χ3n) is 3.38. The smallest absolute Gasteiger partial charge is 0.253 e. The SMILES string of the molecule is CN(C(=O)c1ccnc(CC#N)c1)C1CCOCC1. The summed E-state index contributed by atoms with van der Waals surface area (Å²) in [5.74, 6) is -0.0199. The summed E-state index contributed by atoms with van der Waals surface area (Å²) in [6, 6.07) is 5.66. The maximum atomic E-state index is 12.4. The number of carbonyl (C=O) groups is 1. The molecule has 2 rings (SSSR count). The summed E-state index contributed by atoms with van der Waals surface area (Å²) in [5, 5.41) is 8.66. The van der Waals surface area contributed by atoms with E-state index in [0.717, 1.165) is 12.8 Å².